The molecule has 3 N–H and O–H groups in total. The van der Waals surface area contributed by atoms with Crippen LogP contribution in [0.25, 0.3) is 0 Å². The zero-order valence-electron chi connectivity index (χ0n) is 9.66. The van der Waals surface area contributed by atoms with E-state index in [2.05, 4.69) is 17.2 Å². The van der Waals surface area contributed by atoms with Crippen LogP contribution in [0.3, 0.4) is 0 Å². The van der Waals surface area contributed by atoms with Gasteiger partial charge in [-0.1, -0.05) is 13.8 Å². The van der Waals surface area contributed by atoms with Gasteiger partial charge in [-0.25, -0.2) is 4.98 Å². The Bertz CT molecular complexity index is 417. The van der Waals surface area contributed by atoms with Gasteiger partial charge in [-0.3, -0.25) is 4.79 Å². The number of pyridine rings is 1. The molecule has 2 atom stereocenters. The predicted octanol–water partition coefficient (Wildman–Crippen LogP) is 1.36. The van der Waals surface area contributed by atoms with E-state index in [-0.39, 0.29) is 5.91 Å². The third-order valence-corrected chi connectivity index (χ3v) is 2.95. The number of nitrogens with two attached hydrogens (primary N) is 1. The Hall–Kier alpha value is -1.58. The van der Waals surface area contributed by atoms with Gasteiger partial charge in [0.05, 0.1) is 0 Å². The quantitative estimate of drug-likeness (QED) is 0.806. The van der Waals surface area contributed by atoms with Gasteiger partial charge in [0.25, 0.3) is 5.91 Å². The van der Waals surface area contributed by atoms with Gasteiger partial charge in [0.1, 0.15) is 5.82 Å². The first-order valence-electron chi connectivity index (χ1n) is 5.67. The summed E-state index contributed by atoms with van der Waals surface area (Å²) in [5.41, 5.74) is 7.13. The second-order valence-corrected chi connectivity index (χ2v) is 4.42. The molecule has 1 aromatic heterocycles. The summed E-state index contributed by atoms with van der Waals surface area (Å²) in [6, 6.07) is 3.77. The maximum absolute atomic E-state index is 11.9. The van der Waals surface area contributed by atoms with Crippen molar-refractivity contribution in [3.63, 3.8) is 0 Å². The summed E-state index contributed by atoms with van der Waals surface area (Å²) in [5, 5.41) is 2.98. The lowest BCUT2D eigenvalue weighted by atomic mass is 10.2. The zero-order chi connectivity index (χ0) is 11.7. The lowest BCUT2D eigenvalue weighted by Crippen LogP contribution is -2.26. The second kappa shape index (κ2) is 4.12. The third-order valence-electron chi connectivity index (χ3n) is 2.95. The van der Waals surface area contributed by atoms with E-state index in [4.69, 9.17) is 5.73 Å². The highest BCUT2D eigenvalue weighted by molar-refractivity contribution is 5.95. The summed E-state index contributed by atoms with van der Waals surface area (Å²) < 4.78 is 0. The standard InChI is InChI=1S/C12H17N3O/c1-3-9-5-8(6-11(13)14-9)12(16)15-10-4-7(10)2/h5-7,10H,3-4H2,1-2H3,(H2,13,14)(H,15,16). The number of nitrogens with one attached hydrogen (secondary N) is 1. The van der Waals surface area contributed by atoms with Crippen molar-refractivity contribution in [2.24, 2.45) is 5.92 Å². The third kappa shape index (κ3) is 2.32. The van der Waals surface area contributed by atoms with Gasteiger partial charge in [-0.05, 0) is 30.9 Å². The number of nitrogen functional groups attached to an aromatic ring is 1. The Morgan fingerprint density at radius 1 is 1.62 bits per heavy atom. The maximum atomic E-state index is 11.9. The molecule has 1 aliphatic carbocycles. The Kier molecular flexibility index (Phi) is 2.81. The normalized spacial score (nSPS) is 22.9. The molecular formula is C12H17N3O. The number of amides is 1. The predicted molar refractivity (Wildman–Crippen MR) is 63.1 cm³/mol. The van der Waals surface area contributed by atoms with Crippen molar-refractivity contribution in [1.29, 1.82) is 0 Å². The number of carbonyl (C=O) groups is 1. The van der Waals surface area contributed by atoms with Crippen LogP contribution < -0.4 is 11.1 Å². The highest BCUT2D eigenvalue weighted by Gasteiger charge is 2.34. The number of aromatic nitrogens is 1. The van der Waals surface area contributed by atoms with E-state index in [0.717, 1.165) is 18.5 Å². The van der Waals surface area contributed by atoms with Crippen LogP contribution in [-0.4, -0.2) is 16.9 Å². The number of aryl methyl sites for hydroxylation is 1. The molecule has 1 heterocycles. The highest BCUT2D eigenvalue weighted by Crippen LogP contribution is 2.29. The fourth-order valence-corrected chi connectivity index (χ4v) is 1.70. The van der Waals surface area contributed by atoms with Crippen molar-refractivity contribution in [1.82, 2.24) is 10.3 Å². The van der Waals surface area contributed by atoms with E-state index in [1.807, 2.05) is 6.92 Å². The van der Waals surface area contributed by atoms with Gasteiger partial charge < -0.3 is 11.1 Å². The van der Waals surface area contributed by atoms with Gasteiger partial charge in [0.2, 0.25) is 0 Å². The van der Waals surface area contributed by atoms with Crippen molar-refractivity contribution < 1.29 is 4.79 Å². The molecule has 2 rings (SSSR count). The van der Waals surface area contributed by atoms with Crippen LogP contribution in [0.2, 0.25) is 0 Å². The first-order valence-corrected chi connectivity index (χ1v) is 5.67. The van der Waals surface area contributed by atoms with Gasteiger partial charge in [0.15, 0.2) is 0 Å². The van der Waals surface area contributed by atoms with Gasteiger partial charge in [-0.2, -0.15) is 0 Å². The number of anilines is 1. The zero-order valence-corrected chi connectivity index (χ0v) is 9.66. The van der Waals surface area contributed by atoms with E-state index in [9.17, 15) is 4.79 Å². The molecule has 0 radical (unpaired) electrons. The lowest BCUT2D eigenvalue weighted by Gasteiger charge is -2.06. The Labute approximate surface area is 95.3 Å². The molecule has 0 spiro atoms. The van der Waals surface area contributed by atoms with Crippen LogP contribution in [0, 0.1) is 5.92 Å². The fraction of sp³-hybridized carbons (Fsp3) is 0.500. The number of carbonyl (C=O) groups excluding carboxylic acids is 1. The molecule has 1 amide bonds. The number of rotatable bonds is 3. The molecule has 1 aromatic rings. The molecule has 0 aliphatic heterocycles. The molecular weight excluding hydrogens is 202 g/mol. The maximum Gasteiger partial charge on any atom is 0.251 e. The topological polar surface area (TPSA) is 68.0 Å². The minimum Gasteiger partial charge on any atom is -0.384 e. The van der Waals surface area contributed by atoms with Gasteiger partial charge in [0, 0.05) is 17.3 Å². The molecule has 1 fully saturated rings. The van der Waals surface area contributed by atoms with Gasteiger partial charge in [-0.15, -0.1) is 0 Å². The van der Waals surface area contributed by atoms with Crippen LogP contribution in [0.5, 0.6) is 0 Å². The largest absolute Gasteiger partial charge is 0.384 e. The average molecular weight is 219 g/mol. The molecule has 1 saturated carbocycles. The summed E-state index contributed by atoms with van der Waals surface area (Å²) in [7, 11) is 0. The van der Waals surface area contributed by atoms with E-state index < -0.39 is 0 Å². The SMILES string of the molecule is CCc1cc(C(=O)NC2CC2C)cc(N)n1. The molecule has 0 bridgehead atoms. The number of nitrogens with zero attached hydrogens (tertiary/aromatic N) is 1. The smallest absolute Gasteiger partial charge is 0.251 e. The van der Waals surface area contributed by atoms with Crippen LogP contribution in [0.15, 0.2) is 12.1 Å². The van der Waals surface area contributed by atoms with Crippen LogP contribution >= 0.6 is 0 Å². The summed E-state index contributed by atoms with van der Waals surface area (Å²) in [6.07, 6.45) is 1.86. The Morgan fingerprint density at radius 2 is 2.31 bits per heavy atom. The van der Waals surface area contributed by atoms with E-state index in [1.165, 1.54) is 0 Å². The van der Waals surface area contributed by atoms with Crippen molar-refractivity contribution in [3.8, 4) is 0 Å². The van der Waals surface area contributed by atoms with Crippen molar-refractivity contribution >= 4 is 11.7 Å². The fourth-order valence-electron chi connectivity index (χ4n) is 1.70. The number of hydrogen-bond donors (Lipinski definition) is 2. The van der Waals surface area contributed by atoms with Crippen molar-refractivity contribution in [2.75, 3.05) is 5.73 Å². The molecule has 16 heavy (non-hydrogen) atoms. The van der Waals surface area contributed by atoms with Crippen LogP contribution in [0.4, 0.5) is 5.82 Å². The van der Waals surface area contributed by atoms with Crippen molar-refractivity contribution in [3.05, 3.63) is 23.4 Å². The molecule has 4 heteroatoms. The Morgan fingerprint density at radius 3 is 2.88 bits per heavy atom. The molecule has 2 unspecified atom stereocenters. The summed E-state index contributed by atoms with van der Waals surface area (Å²) in [6.45, 7) is 4.12. The number of hydrogen-bond acceptors (Lipinski definition) is 3. The molecule has 0 saturated heterocycles. The molecule has 0 aromatic carbocycles. The first-order chi connectivity index (χ1) is 7.60. The van der Waals surface area contributed by atoms with E-state index >= 15 is 0 Å². The summed E-state index contributed by atoms with van der Waals surface area (Å²) >= 11 is 0. The molecule has 86 valence electrons. The van der Waals surface area contributed by atoms with Crippen LogP contribution in [0.1, 0.15) is 36.3 Å². The highest BCUT2D eigenvalue weighted by atomic mass is 16.1. The van der Waals surface area contributed by atoms with Gasteiger partial charge >= 0.3 is 0 Å². The van der Waals surface area contributed by atoms with E-state index in [0.29, 0.717) is 23.3 Å². The summed E-state index contributed by atoms with van der Waals surface area (Å²) in [4.78, 5) is 16.0. The van der Waals surface area contributed by atoms with Crippen LogP contribution in [-0.2, 0) is 6.42 Å². The monoisotopic (exact) mass is 219 g/mol. The minimum absolute atomic E-state index is 0.0434. The first kappa shape index (κ1) is 10.9. The molecule has 4 nitrogen and oxygen atoms in total. The minimum atomic E-state index is -0.0434. The van der Waals surface area contributed by atoms with E-state index in [1.54, 1.807) is 12.1 Å². The average Bonchev–Trinajstić information content (AvgIpc) is 2.93. The summed E-state index contributed by atoms with van der Waals surface area (Å²) in [5.74, 6) is 0.972. The lowest BCUT2D eigenvalue weighted by molar-refractivity contribution is 0.0949. The molecule has 1 aliphatic rings. The Balaban J connectivity index is 2.12. The second-order valence-electron chi connectivity index (χ2n) is 4.42. The van der Waals surface area contributed by atoms with Crippen molar-refractivity contribution in [2.45, 2.75) is 32.7 Å².